The van der Waals surface area contributed by atoms with E-state index in [1.165, 1.54) is 71.3 Å². The summed E-state index contributed by atoms with van der Waals surface area (Å²) in [6.07, 6.45) is 8.36. The summed E-state index contributed by atoms with van der Waals surface area (Å²) in [6, 6.07) is 0. The van der Waals surface area contributed by atoms with Gasteiger partial charge >= 0.3 is 23.9 Å². The predicted octanol–water partition coefficient (Wildman–Crippen LogP) is -0.0977. The van der Waals surface area contributed by atoms with E-state index in [2.05, 4.69) is 0 Å². The number of rotatable bonds is 43. The van der Waals surface area contributed by atoms with Crippen molar-refractivity contribution in [2.75, 3.05) is 13.2 Å². The van der Waals surface area contributed by atoms with Crippen LogP contribution in [0.2, 0.25) is 0 Å². The fourth-order valence-electron chi connectivity index (χ4n) is 13.9. The van der Waals surface area contributed by atoms with E-state index in [-0.39, 0.29) is 30.2 Å². The van der Waals surface area contributed by atoms with Crippen LogP contribution in [0.25, 0.3) is 0 Å². The first kappa shape index (κ1) is 95.8. The second-order valence-electron chi connectivity index (χ2n) is 29.3. The Bertz CT molecular complexity index is 2080. The van der Waals surface area contributed by atoms with Crippen LogP contribution < -0.4 is 0 Å². The molecule has 94 heavy (non-hydrogen) atoms. The maximum atomic E-state index is 12.0. The molecule has 0 unspecified atom stereocenters. The summed E-state index contributed by atoms with van der Waals surface area (Å²) in [5.74, 6) is -1.57. The Morgan fingerprint density at radius 3 is 0.766 bits per heavy atom. The van der Waals surface area contributed by atoms with Gasteiger partial charge in [-0.1, -0.05) is 55.4 Å². The minimum atomic E-state index is -1.17. The van der Waals surface area contributed by atoms with E-state index in [0.717, 1.165) is 89.9 Å². The van der Waals surface area contributed by atoms with Crippen molar-refractivity contribution in [1.82, 2.24) is 0 Å². The van der Waals surface area contributed by atoms with Crippen molar-refractivity contribution >= 4 is 286 Å². The van der Waals surface area contributed by atoms with Crippen molar-refractivity contribution in [3.63, 3.8) is 0 Å². The Hall–Kier alpha value is -0.237. The molecule has 45 heteroatoms. The first-order chi connectivity index (χ1) is 43.0. The lowest BCUT2D eigenvalue weighted by Crippen LogP contribution is -2.91. The first-order valence-corrected chi connectivity index (χ1v) is 34.4. The first-order valence-electron chi connectivity index (χ1n) is 34.4. The number of esters is 2. The Balaban J connectivity index is 0. The number of ether oxygens (including phenoxy) is 2. The van der Waals surface area contributed by atoms with E-state index >= 15 is 0 Å². The van der Waals surface area contributed by atoms with E-state index in [0.29, 0.717) is 13.2 Å². The zero-order chi connectivity index (χ0) is 71.9. The number of carboxylic acid groups (broad SMARTS) is 2. The van der Waals surface area contributed by atoms with Gasteiger partial charge in [-0.25, -0.2) is 0 Å². The highest BCUT2D eigenvalue weighted by atomic mass is 16.5. The predicted molar refractivity (Wildman–Crippen MR) is 448 cm³/mol. The van der Waals surface area contributed by atoms with Crippen LogP contribution in [0, 0.1) is 21.7 Å². The largest absolute Gasteiger partial charge is 0.481 e. The second-order valence-corrected chi connectivity index (χ2v) is 29.3. The number of hydrogen-bond acceptors (Lipinski definition) is 6. The maximum Gasteiger partial charge on any atom is 0.311 e. The third-order valence-electron chi connectivity index (χ3n) is 19.7. The number of carbonyl (C=O) groups excluding carboxylic acids is 2. The molecule has 0 aromatic heterocycles. The summed E-state index contributed by atoms with van der Waals surface area (Å²) in [5, 5.41) is 18.4. The highest BCUT2D eigenvalue weighted by Crippen LogP contribution is 2.36. The zero-order valence-corrected chi connectivity index (χ0v) is 59.1. The van der Waals surface area contributed by atoms with Gasteiger partial charge in [-0.2, -0.15) is 0 Å². The zero-order valence-electron chi connectivity index (χ0n) is 59.1. The molecule has 0 aliphatic heterocycles. The van der Waals surface area contributed by atoms with E-state index in [1.807, 2.05) is 41.5 Å². The standard InChI is InChI=1S/C26H46O4.C22H38O4.CH4.B37/c1-7-29-23(27)25(3,4)19-13-11-17-21-15-9-10-16-22(21)18-12-14-20-26(5,6)24(28)30-8-2;1-21(2,19(23)24)15-9-7-13-17-11-5-6-12-18(17)14-8-10-16-22(3,4)20(25)26;;1-20-30(21(2)3)35(31(22(4)5)23(6)7)37(34(28(16)17)29(18)19)36(32(24(8)9)25(10)11)33(26(12)13)27(14)15/h7-20H2,1-6H3;5-16H2,1-4H3,(H,23,24)(H,25,26);1H4;. The van der Waals surface area contributed by atoms with Gasteiger partial charge in [-0.05, 0) is 198 Å². The molecule has 2 aliphatic carbocycles. The highest BCUT2D eigenvalue weighted by molar-refractivity contribution is 8.31. The lowest BCUT2D eigenvalue weighted by Gasteiger charge is -2.53. The van der Waals surface area contributed by atoms with Crippen LogP contribution in [-0.2, 0) is 28.7 Å². The van der Waals surface area contributed by atoms with Gasteiger partial charge in [0, 0.05) is 263 Å². The van der Waals surface area contributed by atoms with Crippen LogP contribution in [0.4, 0.5) is 0 Å². The van der Waals surface area contributed by atoms with Crippen molar-refractivity contribution in [2.24, 2.45) is 21.7 Å². The summed E-state index contributed by atoms with van der Waals surface area (Å²) in [5.41, 5.74) is 4.52. The summed E-state index contributed by atoms with van der Waals surface area (Å²) in [4.78, 5) is 46.5. The molecule has 0 amide bonds. The lowest BCUT2D eigenvalue weighted by molar-refractivity contribution is -0.154. The van der Waals surface area contributed by atoms with Crippen LogP contribution in [-0.4, -0.2) is 310 Å². The van der Waals surface area contributed by atoms with Crippen LogP contribution >= 0.6 is 0 Å². The Kier molecular flexibility index (Phi) is 48.8. The molecule has 0 saturated carbocycles. The summed E-state index contributed by atoms with van der Waals surface area (Å²) in [7, 11) is 119. The van der Waals surface area contributed by atoms with Gasteiger partial charge in [0.25, 0.3) is 0 Å². The molecule has 0 bridgehead atoms. The molecular weight excluding hydrogens is 1120 g/mol. The number of carbonyl (C=O) groups is 4. The third kappa shape index (κ3) is 33.7. The summed E-state index contributed by atoms with van der Waals surface area (Å²) < 4.78 is 10.4. The SMILES string of the molecule is C.CC(C)(CCCCC1=C(CCCCC(C)(C)C(=O)O)CCCC1)C(=O)O.CCOC(=O)C(C)(C)CCCCC1=C(CCCCC(C)(C)C(=O)OCC)CCCC1.[B][B]B(B([B])[B])B(B(B([B])[B])B([B])[B])B(B(B([B])[B])B([B])[B])B(B(B([B])[B])B([B])[B])B(B([B])[B])B([B])[B]. The Morgan fingerprint density at radius 1 is 0.362 bits per heavy atom. The maximum absolute atomic E-state index is 12.0. The number of carboxylic acids is 2. The molecule has 443 valence electrons. The molecule has 8 nitrogen and oxygen atoms in total. The minimum absolute atomic E-state index is 0. The molecule has 2 rings (SSSR count). The third-order valence-corrected chi connectivity index (χ3v) is 19.7. The molecular formula is C49H88B37O8. The van der Waals surface area contributed by atoms with Crippen molar-refractivity contribution < 1.29 is 38.9 Å². The molecule has 2 aliphatic rings. The fraction of sp³-hybridized carbons (Fsp3) is 0.837. The van der Waals surface area contributed by atoms with Crippen molar-refractivity contribution in [1.29, 1.82) is 0 Å². The molecule has 39 radical (unpaired) electrons. The van der Waals surface area contributed by atoms with Crippen LogP contribution in [0.3, 0.4) is 0 Å². The van der Waals surface area contributed by atoms with Crippen molar-refractivity contribution in [3.8, 4) is 0 Å². The molecule has 0 saturated heterocycles. The molecule has 0 aromatic carbocycles. The van der Waals surface area contributed by atoms with Crippen molar-refractivity contribution in [2.45, 2.75) is 231 Å². The Labute approximate surface area is 609 Å². The molecule has 0 atom stereocenters. The second kappa shape index (κ2) is 47.9. The van der Waals surface area contributed by atoms with Gasteiger partial charge in [0.05, 0.1) is 34.9 Å². The number of allylic oxidation sites excluding steroid dienone is 4. The molecule has 0 fully saturated rings. The topological polar surface area (TPSA) is 127 Å². The average Bonchev–Trinajstić information content (AvgIpc) is 0.754. The number of aliphatic carboxylic acids is 2. The molecule has 0 spiro atoms. The van der Waals surface area contributed by atoms with Gasteiger partial charge in [0.2, 0.25) is 0 Å². The van der Waals surface area contributed by atoms with Gasteiger partial charge in [0.1, 0.15) is 0 Å². The van der Waals surface area contributed by atoms with Gasteiger partial charge in [-0.15, -0.1) is 0 Å². The van der Waals surface area contributed by atoms with E-state index in [4.69, 9.17) is 156 Å². The quantitative estimate of drug-likeness (QED) is 0.0376. The van der Waals surface area contributed by atoms with Gasteiger partial charge in [0.15, 0.2) is 0 Å². The van der Waals surface area contributed by atoms with E-state index in [9.17, 15) is 29.4 Å². The van der Waals surface area contributed by atoms with Crippen LogP contribution in [0.5, 0.6) is 0 Å². The summed E-state index contributed by atoms with van der Waals surface area (Å²) in [6.45, 7) is 19.8. The lowest BCUT2D eigenvalue weighted by atomic mass is 8.28. The molecule has 0 heterocycles. The molecule has 2 N–H and O–H groups in total. The van der Waals surface area contributed by atoms with Crippen LogP contribution in [0.1, 0.15) is 231 Å². The minimum Gasteiger partial charge on any atom is -0.481 e. The fourth-order valence-corrected chi connectivity index (χ4v) is 13.9. The highest BCUT2D eigenvalue weighted by Gasteiger charge is 2.56. The Morgan fingerprint density at radius 2 is 0.574 bits per heavy atom. The van der Waals surface area contributed by atoms with Crippen LogP contribution in [0.15, 0.2) is 22.3 Å². The van der Waals surface area contributed by atoms with E-state index in [1.54, 1.807) is 50.0 Å². The summed E-state index contributed by atoms with van der Waals surface area (Å²) >= 11 is 0. The monoisotopic (exact) mass is 1210 g/mol. The number of hydrogen-bond donors (Lipinski definition) is 2. The van der Waals surface area contributed by atoms with Gasteiger partial charge in [-0.3, -0.25) is 19.2 Å². The molecule has 0 aromatic rings. The van der Waals surface area contributed by atoms with E-state index < -0.39 is 131 Å². The smallest absolute Gasteiger partial charge is 0.311 e. The van der Waals surface area contributed by atoms with Crippen molar-refractivity contribution in [3.05, 3.63) is 22.3 Å². The normalized spacial score (nSPS) is 13.0. The number of unbranched alkanes of at least 4 members (excludes halogenated alkanes) is 4. The van der Waals surface area contributed by atoms with Gasteiger partial charge < -0.3 is 19.7 Å². The average molecular weight is 1210 g/mol.